The number of nitrogens with zero attached hydrogens (tertiary/aromatic N) is 1. The Balaban J connectivity index is 2.19. The molecule has 2 atom stereocenters. The minimum absolute atomic E-state index is 0.0580. The zero-order valence-corrected chi connectivity index (χ0v) is 14.5. The van der Waals surface area contributed by atoms with E-state index in [4.69, 9.17) is 4.74 Å². The Hall–Kier alpha value is -3.29. The van der Waals surface area contributed by atoms with Gasteiger partial charge in [0.1, 0.15) is 5.82 Å². The molecule has 1 aliphatic heterocycles. The van der Waals surface area contributed by atoms with E-state index < -0.39 is 40.5 Å². The van der Waals surface area contributed by atoms with E-state index in [9.17, 15) is 24.1 Å². The van der Waals surface area contributed by atoms with E-state index in [1.807, 2.05) is 0 Å². The number of benzene rings is 2. The van der Waals surface area contributed by atoms with Gasteiger partial charge in [-0.05, 0) is 29.3 Å². The van der Waals surface area contributed by atoms with E-state index in [1.165, 1.54) is 12.1 Å². The average Bonchev–Trinajstić information content (AvgIpc) is 2.65. The van der Waals surface area contributed by atoms with Crippen LogP contribution in [0.5, 0.6) is 0 Å². The van der Waals surface area contributed by atoms with Crippen LogP contribution in [0.2, 0.25) is 0 Å². The fourth-order valence-corrected chi connectivity index (χ4v) is 3.57. The molecule has 140 valence electrons. The molecule has 1 heterocycles. The lowest BCUT2D eigenvalue weighted by Gasteiger charge is -2.38. The van der Waals surface area contributed by atoms with Gasteiger partial charge in [-0.15, -0.1) is 0 Å². The first kappa shape index (κ1) is 18.5. The van der Waals surface area contributed by atoms with Crippen LogP contribution >= 0.6 is 0 Å². The maximum atomic E-state index is 13.3. The first-order valence-corrected chi connectivity index (χ1v) is 8.23. The first-order chi connectivity index (χ1) is 12.9. The number of fused-ring (bicyclic) bond motifs is 1. The summed E-state index contributed by atoms with van der Waals surface area (Å²) < 4.78 is 18.2. The number of hydrogen-bond acceptors (Lipinski definition) is 5. The Kier molecular flexibility index (Phi) is 4.89. The number of para-hydroxylation sites is 1. The van der Waals surface area contributed by atoms with Gasteiger partial charge in [0.15, 0.2) is 5.41 Å². The number of esters is 1. The summed E-state index contributed by atoms with van der Waals surface area (Å²) in [6.07, 6.45) is -0.0580. The molecule has 0 fully saturated rings. The Morgan fingerprint density at radius 2 is 1.96 bits per heavy atom. The SMILES string of the molecule is COC(=O)[C@@]1([C@@H](C[N+](=O)[O-])c2ccc(F)cc2)Cc2ccccc2NC1=O. The standard InChI is InChI=1S/C19H17FN2O5/c1-27-18(24)19(10-13-4-2-3-5-16(13)21-17(19)23)15(11-22(25)26)12-6-8-14(20)9-7-12/h2-9,15H,10-11H2,1H3,(H,21,23)/t15-,19+/m0/s1. The van der Waals surface area contributed by atoms with Crippen molar-refractivity contribution in [2.75, 3.05) is 19.0 Å². The van der Waals surface area contributed by atoms with Crippen molar-refractivity contribution in [2.24, 2.45) is 5.41 Å². The highest BCUT2D eigenvalue weighted by Gasteiger charge is 2.57. The Morgan fingerprint density at radius 1 is 1.30 bits per heavy atom. The summed E-state index contributed by atoms with van der Waals surface area (Å²) in [7, 11) is 1.13. The van der Waals surface area contributed by atoms with Crippen LogP contribution in [0.15, 0.2) is 48.5 Å². The van der Waals surface area contributed by atoms with Crippen LogP contribution in [0.3, 0.4) is 0 Å². The number of rotatable bonds is 5. The Labute approximate surface area is 154 Å². The largest absolute Gasteiger partial charge is 0.468 e. The molecule has 7 nitrogen and oxygen atoms in total. The second-order valence-electron chi connectivity index (χ2n) is 6.37. The van der Waals surface area contributed by atoms with Gasteiger partial charge >= 0.3 is 5.97 Å². The maximum Gasteiger partial charge on any atom is 0.322 e. The van der Waals surface area contributed by atoms with Gasteiger partial charge in [-0.2, -0.15) is 0 Å². The number of anilines is 1. The van der Waals surface area contributed by atoms with Crippen LogP contribution in [-0.4, -0.2) is 30.5 Å². The molecule has 0 unspecified atom stereocenters. The van der Waals surface area contributed by atoms with Crippen molar-refractivity contribution in [2.45, 2.75) is 12.3 Å². The van der Waals surface area contributed by atoms with Gasteiger partial charge < -0.3 is 10.1 Å². The minimum atomic E-state index is -1.84. The lowest BCUT2D eigenvalue weighted by molar-refractivity contribution is -0.485. The van der Waals surface area contributed by atoms with Gasteiger partial charge in [0, 0.05) is 17.0 Å². The van der Waals surface area contributed by atoms with Gasteiger partial charge in [-0.25, -0.2) is 4.39 Å². The van der Waals surface area contributed by atoms with E-state index in [1.54, 1.807) is 24.3 Å². The molecule has 1 aliphatic rings. The number of amides is 1. The van der Waals surface area contributed by atoms with Crippen LogP contribution < -0.4 is 5.32 Å². The maximum absolute atomic E-state index is 13.3. The molecule has 0 spiro atoms. The lowest BCUT2D eigenvalue weighted by Crippen LogP contribution is -2.53. The quantitative estimate of drug-likeness (QED) is 0.376. The lowest BCUT2D eigenvalue weighted by atomic mass is 9.66. The van der Waals surface area contributed by atoms with Gasteiger partial charge in [-0.3, -0.25) is 19.7 Å². The van der Waals surface area contributed by atoms with E-state index in [-0.39, 0.29) is 6.42 Å². The van der Waals surface area contributed by atoms with Gasteiger partial charge in [-0.1, -0.05) is 30.3 Å². The molecule has 0 aliphatic carbocycles. The third-order valence-corrected chi connectivity index (χ3v) is 4.89. The molecular weight excluding hydrogens is 355 g/mol. The third-order valence-electron chi connectivity index (χ3n) is 4.89. The van der Waals surface area contributed by atoms with Crippen LogP contribution in [-0.2, 0) is 20.7 Å². The number of halogens is 1. The van der Waals surface area contributed by atoms with Crippen molar-refractivity contribution in [1.29, 1.82) is 0 Å². The van der Waals surface area contributed by atoms with Gasteiger partial charge in [0.05, 0.1) is 13.0 Å². The number of methoxy groups -OCH3 is 1. The highest BCUT2D eigenvalue weighted by atomic mass is 19.1. The molecule has 27 heavy (non-hydrogen) atoms. The molecule has 0 saturated carbocycles. The number of hydrogen-bond donors (Lipinski definition) is 1. The first-order valence-electron chi connectivity index (χ1n) is 8.23. The van der Waals surface area contributed by atoms with Crippen molar-refractivity contribution in [3.63, 3.8) is 0 Å². The van der Waals surface area contributed by atoms with Crippen LogP contribution in [0, 0.1) is 21.3 Å². The van der Waals surface area contributed by atoms with Crippen LogP contribution in [0.4, 0.5) is 10.1 Å². The van der Waals surface area contributed by atoms with Crippen molar-refractivity contribution in [3.05, 3.63) is 75.6 Å². The monoisotopic (exact) mass is 372 g/mol. The summed E-state index contributed by atoms with van der Waals surface area (Å²) in [6.45, 7) is -0.684. The molecule has 0 radical (unpaired) electrons. The number of ether oxygens (including phenoxy) is 1. The van der Waals surface area contributed by atoms with Crippen molar-refractivity contribution in [1.82, 2.24) is 0 Å². The molecule has 0 bridgehead atoms. The molecule has 1 N–H and O–H groups in total. The predicted octanol–water partition coefficient (Wildman–Crippen LogP) is 2.54. The van der Waals surface area contributed by atoms with E-state index >= 15 is 0 Å². The number of carbonyl (C=O) groups excluding carboxylic acids is 2. The van der Waals surface area contributed by atoms with Gasteiger partial charge in [0.25, 0.3) is 0 Å². The van der Waals surface area contributed by atoms with Crippen molar-refractivity contribution < 1.29 is 23.6 Å². The third kappa shape index (κ3) is 3.25. The van der Waals surface area contributed by atoms with Gasteiger partial charge in [0.2, 0.25) is 12.5 Å². The molecular formula is C19H17FN2O5. The van der Waals surface area contributed by atoms with Crippen molar-refractivity contribution in [3.8, 4) is 0 Å². The molecule has 8 heteroatoms. The zero-order valence-electron chi connectivity index (χ0n) is 14.5. The summed E-state index contributed by atoms with van der Waals surface area (Å²) in [6, 6.07) is 11.9. The van der Waals surface area contributed by atoms with Crippen molar-refractivity contribution >= 4 is 17.6 Å². The van der Waals surface area contributed by atoms with E-state index in [2.05, 4.69) is 5.32 Å². The van der Waals surface area contributed by atoms with E-state index in [0.29, 0.717) is 16.8 Å². The average molecular weight is 372 g/mol. The number of carbonyl (C=O) groups is 2. The summed E-state index contributed by atoms with van der Waals surface area (Å²) in [5, 5.41) is 14.0. The molecule has 2 aromatic carbocycles. The summed E-state index contributed by atoms with van der Waals surface area (Å²) >= 11 is 0. The second kappa shape index (κ2) is 7.14. The summed E-state index contributed by atoms with van der Waals surface area (Å²) in [5.74, 6) is -3.20. The van der Waals surface area contributed by atoms with Crippen LogP contribution in [0.1, 0.15) is 17.0 Å². The highest BCUT2D eigenvalue weighted by Crippen LogP contribution is 2.45. The number of nitrogens with one attached hydrogen (secondary N) is 1. The fourth-order valence-electron chi connectivity index (χ4n) is 3.57. The molecule has 0 aromatic heterocycles. The number of nitro groups is 1. The zero-order chi connectivity index (χ0) is 19.6. The second-order valence-corrected chi connectivity index (χ2v) is 6.37. The molecule has 2 aromatic rings. The topological polar surface area (TPSA) is 98.5 Å². The Bertz CT molecular complexity index is 899. The fraction of sp³-hybridized carbons (Fsp3) is 0.263. The summed E-state index contributed by atoms with van der Waals surface area (Å²) in [5.41, 5.74) is -0.319. The predicted molar refractivity (Wildman–Crippen MR) is 94.2 cm³/mol. The molecule has 1 amide bonds. The Morgan fingerprint density at radius 3 is 2.59 bits per heavy atom. The molecule has 0 saturated heterocycles. The van der Waals surface area contributed by atoms with Crippen LogP contribution in [0.25, 0.3) is 0 Å². The highest BCUT2D eigenvalue weighted by molar-refractivity contribution is 6.12. The minimum Gasteiger partial charge on any atom is -0.468 e. The molecule has 3 rings (SSSR count). The summed E-state index contributed by atoms with van der Waals surface area (Å²) in [4.78, 5) is 36.6. The normalized spacial score (nSPS) is 19.6. The van der Waals surface area contributed by atoms with E-state index in [0.717, 1.165) is 19.2 Å². The smallest absolute Gasteiger partial charge is 0.322 e.